The van der Waals surface area contributed by atoms with E-state index in [0.29, 0.717) is 12.1 Å². The number of aryl methyl sites for hydroxylation is 1. The van der Waals surface area contributed by atoms with Crippen LogP contribution in [0, 0.1) is 6.92 Å². The van der Waals surface area contributed by atoms with E-state index in [4.69, 9.17) is 4.74 Å². The zero-order valence-corrected chi connectivity index (χ0v) is 14.1. The number of nitrogens with one attached hydrogen (secondary N) is 1. The molecule has 4 heteroatoms. The highest BCUT2D eigenvalue weighted by molar-refractivity contribution is 5.95. The maximum atomic E-state index is 12.4. The first kappa shape index (κ1) is 16.7. The van der Waals surface area contributed by atoms with Gasteiger partial charge in [0.15, 0.2) is 0 Å². The van der Waals surface area contributed by atoms with Gasteiger partial charge in [0, 0.05) is 31.7 Å². The summed E-state index contributed by atoms with van der Waals surface area (Å²) in [5, 5.41) is 3.01. The Labute approximate surface area is 143 Å². The Morgan fingerprint density at radius 3 is 2.54 bits per heavy atom. The molecule has 2 aromatic rings. The van der Waals surface area contributed by atoms with Crippen molar-refractivity contribution in [2.45, 2.75) is 6.92 Å². The lowest BCUT2D eigenvalue weighted by atomic mass is 10.0. The van der Waals surface area contributed by atoms with E-state index in [1.807, 2.05) is 30.3 Å². The molecule has 1 amide bonds. The van der Waals surface area contributed by atoms with Gasteiger partial charge in [-0.05, 0) is 30.2 Å². The minimum Gasteiger partial charge on any atom is -0.379 e. The van der Waals surface area contributed by atoms with Crippen LogP contribution in [0.4, 0.5) is 0 Å². The molecule has 0 saturated carbocycles. The maximum Gasteiger partial charge on any atom is 0.251 e. The molecule has 126 valence electrons. The first-order chi connectivity index (χ1) is 11.7. The Morgan fingerprint density at radius 1 is 1.08 bits per heavy atom. The Kier molecular flexibility index (Phi) is 5.62. The van der Waals surface area contributed by atoms with Gasteiger partial charge in [0.25, 0.3) is 5.91 Å². The molecule has 0 atom stereocenters. The number of nitrogens with zero attached hydrogens (tertiary/aromatic N) is 1. The average Bonchev–Trinajstić information content (AvgIpc) is 2.63. The van der Waals surface area contributed by atoms with Gasteiger partial charge in [0.1, 0.15) is 0 Å². The van der Waals surface area contributed by atoms with E-state index in [-0.39, 0.29) is 5.91 Å². The molecule has 3 rings (SSSR count). The highest BCUT2D eigenvalue weighted by atomic mass is 16.5. The summed E-state index contributed by atoms with van der Waals surface area (Å²) >= 11 is 0. The first-order valence-electron chi connectivity index (χ1n) is 8.48. The van der Waals surface area contributed by atoms with Crippen molar-refractivity contribution in [1.29, 1.82) is 0 Å². The molecule has 1 fully saturated rings. The summed E-state index contributed by atoms with van der Waals surface area (Å²) in [5.41, 5.74) is 4.13. The van der Waals surface area contributed by atoms with Gasteiger partial charge in [-0.25, -0.2) is 0 Å². The second kappa shape index (κ2) is 8.08. The van der Waals surface area contributed by atoms with Crippen molar-refractivity contribution in [3.8, 4) is 11.1 Å². The van der Waals surface area contributed by atoms with Gasteiger partial charge in [0.05, 0.1) is 13.2 Å². The second-order valence-electron chi connectivity index (χ2n) is 6.16. The lowest BCUT2D eigenvalue weighted by Gasteiger charge is -2.26. The van der Waals surface area contributed by atoms with Gasteiger partial charge in [-0.3, -0.25) is 9.69 Å². The largest absolute Gasteiger partial charge is 0.379 e. The summed E-state index contributed by atoms with van der Waals surface area (Å²) in [6, 6.07) is 16.1. The normalized spacial score (nSPS) is 15.2. The van der Waals surface area contributed by atoms with Gasteiger partial charge in [-0.15, -0.1) is 0 Å². The summed E-state index contributed by atoms with van der Waals surface area (Å²) in [6.07, 6.45) is 0. The molecule has 1 saturated heterocycles. The van der Waals surface area contributed by atoms with Crippen molar-refractivity contribution in [1.82, 2.24) is 10.2 Å². The van der Waals surface area contributed by atoms with Gasteiger partial charge < -0.3 is 10.1 Å². The van der Waals surface area contributed by atoms with E-state index in [9.17, 15) is 4.79 Å². The summed E-state index contributed by atoms with van der Waals surface area (Å²) < 4.78 is 5.33. The molecule has 24 heavy (non-hydrogen) atoms. The molecule has 2 aromatic carbocycles. The van der Waals surface area contributed by atoms with Crippen LogP contribution in [0.15, 0.2) is 48.5 Å². The minimum absolute atomic E-state index is 0.0160. The number of hydrogen-bond acceptors (Lipinski definition) is 3. The summed E-state index contributed by atoms with van der Waals surface area (Å²) in [4.78, 5) is 14.7. The molecule has 1 aliphatic heterocycles. The monoisotopic (exact) mass is 324 g/mol. The second-order valence-corrected chi connectivity index (χ2v) is 6.16. The molecule has 0 unspecified atom stereocenters. The molecule has 4 nitrogen and oxygen atoms in total. The van der Waals surface area contributed by atoms with Crippen LogP contribution in [-0.2, 0) is 4.74 Å². The third-order valence-electron chi connectivity index (χ3n) is 4.29. The minimum atomic E-state index is -0.0160. The highest BCUT2D eigenvalue weighted by Gasteiger charge is 2.11. The van der Waals surface area contributed by atoms with Crippen molar-refractivity contribution < 1.29 is 9.53 Å². The van der Waals surface area contributed by atoms with Crippen LogP contribution in [-0.4, -0.2) is 50.2 Å². The number of amides is 1. The predicted octanol–water partition coefficient (Wildman–Crippen LogP) is 2.72. The van der Waals surface area contributed by atoms with Crippen molar-refractivity contribution >= 4 is 5.91 Å². The maximum absolute atomic E-state index is 12.4. The average molecular weight is 324 g/mol. The van der Waals surface area contributed by atoms with E-state index in [0.717, 1.165) is 44.0 Å². The summed E-state index contributed by atoms with van der Waals surface area (Å²) in [7, 11) is 0. The standard InChI is InChI=1S/C20H24N2O2/c1-16-4-2-5-17(14-16)18-6-3-7-19(15-18)20(23)21-8-9-22-10-12-24-13-11-22/h2-7,14-15H,8-13H2,1H3,(H,21,23). The molecule has 1 N–H and O–H groups in total. The van der Waals surface area contributed by atoms with E-state index in [1.54, 1.807) is 0 Å². The zero-order chi connectivity index (χ0) is 16.8. The number of morpholine rings is 1. The number of carbonyl (C=O) groups excluding carboxylic acids is 1. The van der Waals surface area contributed by atoms with E-state index in [1.165, 1.54) is 5.56 Å². The van der Waals surface area contributed by atoms with Crippen molar-refractivity contribution in [2.75, 3.05) is 39.4 Å². The fraction of sp³-hybridized carbons (Fsp3) is 0.350. The summed E-state index contributed by atoms with van der Waals surface area (Å²) in [6.45, 7) is 7.06. The van der Waals surface area contributed by atoms with E-state index >= 15 is 0 Å². The molecular formula is C20H24N2O2. The van der Waals surface area contributed by atoms with Crippen LogP contribution < -0.4 is 5.32 Å². The Bertz CT molecular complexity index is 694. The van der Waals surface area contributed by atoms with Gasteiger partial charge in [-0.1, -0.05) is 42.0 Å². The van der Waals surface area contributed by atoms with Gasteiger partial charge in [-0.2, -0.15) is 0 Å². The van der Waals surface area contributed by atoms with Crippen LogP contribution in [0.3, 0.4) is 0 Å². The number of rotatable bonds is 5. The highest BCUT2D eigenvalue weighted by Crippen LogP contribution is 2.21. The van der Waals surface area contributed by atoms with E-state index < -0.39 is 0 Å². The zero-order valence-electron chi connectivity index (χ0n) is 14.1. The molecule has 1 aliphatic rings. The Hall–Kier alpha value is -2.17. The fourth-order valence-electron chi connectivity index (χ4n) is 2.92. The summed E-state index contributed by atoms with van der Waals surface area (Å²) in [5.74, 6) is -0.0160. The van der Waals surface area contributed by atoms with Crippen LogP contribution in [0.2, 0.25) is 0 Å². The molecule has 0 aliphatic carbocycles. The fourth-order valence-corrected chi connectivity index (χ4v) is 2.92. The molecular weight excluding hydrogens is 300 g/mol. The first-order valence-corrected chi connectivity index (χ1v) is 8.48. The third-order valence-corrected chi connectivity index (χ3v) is 4.29. The lowest BCUT2D eigenvalue weighted by Crippen LogP contribution is -2.41. The van der Waals surface area contributed by atoms with Crippen molar-refractivity contribution in [3.63, 3.8) is 0 Å². The van der Waals surface area contributed by atoms with E-state index in [2.05, 4.69) is 35.3 Å². The molecule has 0 aromatic heterocycles. The van der Waals surface area contributed by atoms with Crippen LogP contribution >= 0.6 is 0 Å². The molecule has 0 radical (unpaired) electrons. The van der Waals surface area contributed by atoms with Crippen LogP contribution in [0.5, 0.6) is 0 Å². The van der Waals surface area contributed by atoms with Crippen LogP contribution in [0.1, 0.15) is 15.9 Å². The third kappa shape index (κ3) is 4.43. The molecule has 1 heterocycles. The Balaban J connectivity index is 1.59. The Morgan fingerprint density at radius 2 is 1.79 bits per heavy atom. The van der Waals surface area contributed by atoms with Crippen molar-refractivity contribution in [3.05, 3.63) is 59.7 Å². The number of ether oxygens (including phenoxy) is 1. The SMILES string of the molecule is Cc1cccc(-c2cccc(C(=O)NCCN3CCOCC3)c2)c1. The van der Waals surface area contributed by atoms with Gasteiger partial charge in [0.2, 0.25) is 0 Å². The quantitative estimate of drug-likeness (QED) is 0.919. The smallest absolute Gasteiger partial charge is 0.251 e. The van der Waals surface area contributed by atoms with Gasteiger partial charge >= 0.3 is 0 Å². The number of benzene rings is 2. The van der Waals surface area contributed by atoms with Crippen molar-refractivity contribution in [2.24, 2.45) is 0 Å². The molecule has 0 spiro atoms. The number of carbonyl (C=O) groups is 1. The lowest BCUT2D eigenvalue weighted by molar-refractivity contribution is 0.0383. The van der Waals surface area contributed by atoms with Crippen LogP contribution in [0.25, 0.3) is 11.1 Å². The predicted molar refractivity (Wildman–Crippen MR) is 96.2 cm³/mol. The molecule has 0 bridgehead atoms. The topological polar surface area (TPSA) is 41.6 Å². The number of hydrogen-bond donors (Lipinski definition) is 1.